The highest BCUT2D eigenvalue weighted by Gasteiger charge is 2.31. The number of benzene rings is 1. The molecule has 1 aliphatic rings. The number of hydrogen-bond acceptors (Lipinski definition) is 4. The van der Waals surface area contributed by atoms with Gasteiger partial charge in [-0.25, -0.2) is 0 Å². The Bertz CT molecular complexity index is 402. The number of rotatable bonds is 3. The highest BCUT2D eigenvalue weighted by molar-refractivity contribution is 5.69. The van der Waals surface area contributed by atoms with Crippen LogP contribution in [-0.2, 0) is 9.53 Å². The number of carbonyl (C=O) groups excluding carboxylic acids is 1. The van der Waals surface area contributed by atoms with Crippen LogP contribution in [0.15, 0.2) is 24.3 Å². The largest absolute Gasteiger partial charge is 0.493 e. The van der Waals surface area contributed by atoms with Crippen molar-refractivity contribution in [2.45, 2.75) is 19.4 Å². The first kappa shape index (κ1) is 11.9. The quantitative estimate of drug-likeness (QED) is 0.811. The van der Waals surface area contributed by atoms with Gasteiger partial charge in [0.2, 0.25) is 0 Å². The molecule has 1 aromatic carbocycles. The molecule has 0 saturated heterocycles. The number of para-hydroxylation sites is 1. The molecule has 0 aliphatic carbocycles. The highest BCUT2D eigenvalue weighted by Crippen LogP contribution is 2.36. The Morgan fingerprint density at radius 3 is 3.06 bits per heavy atom. The summed E-state index contributed by atoms with van der Waals surface area (Å²) in [4.78, 5) is 11.4. The second kappa shape index (κ2) is 5.19. The van der Waals surface area contributed by atoms with Crippen molar-refractivity contribution in [3.8, 4) is 5.75 Å². The summed E-state index contributed by atoms with van der Waals surface area (Å²) in [6.45, 7) is 2.47. The molecule has 2 rings (SSSR count). The molecule has 92 valence electrons. The lowest BCUT2D eigenvalue weighted by molar-refractivity contribution is -0.146. The molecule has 0 fully saturated rings. The fourth-order valence-corrected chi connectivity index (χ4v) is 2.00. The lowest BCUT2D eigenvalue weighted by Crippen LogP contribution is -2.28. The van der Waals surface area contributed by atoms with Crippen molar-refractivity contribution in [1.82, 2.24) is 0 Å². The average Bonchev–Trinajstić information content (AvgIpc) is 2.33. The van der Waals surface area contributed by atoms with Gasteiger partial charge in [0.05, 0.1) is 25.7 Å². The van der Waals surface area contributed by atoms with Crippen molar-refractivity contribution < 1.29 is 19.4 Å². The van der Waals surface area contributed by atoms with E-state index in [4.69, 9.17) is 9.47 Å². The standard InChI is InChI=1S/C13H16O4/c1-2-16-12(14)7-9-8-17-11-6-4-3-5-10(11)13(9)15/h3-6,9,13,15H,2,7-8H2,1H3. The van der Waals surface area contributed by atoms with Gasteiger partial charge in [-0.2, -0.15) is 0 Å². The SMILES string of the molecule is CCOC(=O)CC1COc2ccccc2C1O. The fourth-order valence-electron chi connectivity index (χ4n) is 2.00. The van der Waals surface area contributed by atoms with Crippen LogP contribution in [0.5, 0.6) is 5.75 Å². The van der Waals surface area contributed by atoms with Crippen LogP contribution in [0, 0.1) is 5.92 Å². The van der Waals surface area contributed by atoms with E-state index in [2.05, 4.69) is 0 Å². The molecule has 1 aromatic rings. The van der Waals surface area contributed by atoms with Crippen LogP contribution in [0.1, 0.15) is 25.0 Å². The zero-order valence-corrected chi connectivity index (χ0v) is 9.76. The van der Waals surface area contributed by atoms with Crippen molar-refractivity contribution >= 4 is 5.97 Å². The number of hydrogen-bond donors (Lipinski definition) is 1. The van der Waals surface area contributed by atoms with Crippen LogP contribution in [0.2, 0.25) is 0 Å². The molecule has 0 spiro atoms. The number of ether oxygens (including phenoxy) is 2. The van der Waals surface area contributed by atoms with Crippen molar-refractivity contribution in [1.29, 1.82) is 0 Å². The lowest BCUT2D eigenvalue weighted by Gasteiger charge is -2.29. The van der Waals surface area contributed by atoms with Gasteiger partial charge in [-0.1, -0.05) is 18.2 Å². The van der Waals surface area contributed by atoms with Crippen LogP contribution >= 0.6 is 0 Å². The maximum Gasteiger partial charge on any atom is 0.306 e. The Morgan fingerprint density at radius 1 is 1.53 bits per heavy atom. The monoisotopic (exact) mass is 236 g/mol. The first-order valence-electron chi connectivity index (χ1n) is 5.77. The van der Waals surface area contributed by atoms with Crippen LogP contribution in [0.4, 0.5) is 0 Å². The lowest BCUT2D eigenvalue weighted by atomic mass is 9.91. The summed E-state index contributed by atoms with van der Waals surface area (Å²) in [5.41, 5.74) is 0.744. The van der Waals surface area contributed by atoms with Crippen LogP contribution in [-0.4, -0.2) is 24.3 Å². The van der Waals surface area contributed by atoms with E-state index in [0.717, 1.165) is 5.56 Å². The van der Waals surface area contributed by atoms with Gasteiger partial charge in [0.1, 0.15) is 5.75 Å². The molecule has 0 saturated carbocycles. The van der Waals surface area contributed by atoms with Gasteiger partial charge in [-0.05, 0) is 13.0 Å². The number of aliphatic hydroxyl groups is 1. The third kappa shape index (κ3) is 2.58. The smallest absolute Gasteiger partial charge is 0.306 e. The zero-order valence-electron chi connectivity index (χ0n) is 9.76. The molecule has 2 unspecified atom stereocenters. The van der Waals surface area contributed by atoms with Crippen LogP contribution < -0.4 is 4.74 Å². The van der Waals surface area contributed by atoms with E-state index in [1.165, 1.54) is 0 Å². The van der Waals surface area contributed by atoms with Gasteiger partial charge in [0.25, 0.3) is 0 Å². The van der Waals surface area contributed by atoms with Crippen LogP contribution in [0.25, 0.3) is 0 Å². The molecule has 4 heteroatoms. The van der Waals surface area contributed by atoms with E-state index < -0.39 is 6.10 Å². The number of aliphatic hydroxyl groups excluding tert-OH is 1. The zero-order chi connectivity index (χ0) is 12.3. The van der Waals surface area contributed by atoms with E-state index in [0.29, 0.717) is 19.0 Å². The Labute approximate surface area is 100 Å². The third-order valence-electron chi connectivity index (χ3n) is 2.87. The molecule has 0 radical (unpaired) electrons. The molecule has 0 amide bonds. The van der Waals surface area contributed by atoms with Crippen molar-refractivity contribution in [3.05, 3.63) is 29.8 Å². The molecule has 2 atom stereocenters. The van der Waals surface area contributed by atoms with E-state index in [9.17, 15) is 9.90 Å². The minimum absolute atomic E-state index is 0.184. The predicted octanol–water partition coefficient (Wildman–Crippen LogP) is 1.68. The van der Waals surface area contributed by atoms with E-state index in [1.807, 2.05) is 24.3 Å². The molecule has 17 heavy (non-hydrogen) atoms. The number of fused-ring (bicyclic) bond motifs is 1. The summed E-state index contributed by atoms with van der Waals surface area (Å²) in [5, 5.41) is 10.2. The molecule has 0 bridgehead atoms. The summed E-state index contributed by atoms with van der Waals surface area (Å²) >= 11 is 0. The Hall–Kier alpha value is -1.55. The molecule has 1 N–H and O–H groups in total. The summed E-state index contributed by atoms with van der Waals surface area (Å²) in [7, 11) is 0. The first-order chi connectivity index (χ1) is 8.22. The molecule has 1 heterocycles. The summed E-state index contributed by atoms with van der Waals surface area (Å²) in [6.07, 6.45) is -0.479. The van der Waals surface area contributed by atoms with Crippen molar-refractivity contribution in [2.75, 3.05) is 13.2 Å². The molecule has 1 aliphatic heterocycles. The Morgan fingerprint density at radius 2 is 2.29 bits per heavy atom. The number of carbonyl (C=O) groups is 1. The summed E-state index contributed by atoms with van der Waals surface area (Å²) < 4.78 is 10.4. The van der Waals surface area contributed by atoms with Gasteiger partial charge in [-0.15, -0.1) is 0 Å². The van der Waals surface area contributed by atoms with E-state index in [1.54, 1.807) is 6.92 Å². The molecule has 0 aromatic heterocycles. The van der Waals surface area contributed by atoms with E-state index in [-0.39, 0.29) is 18.3 Å². The summed E-state index contributed by atoms with van der Waals surface area (Å²) in [5.74, 6) is 0.170. The second-order valence-corrected chi connectivity index (χ2v) is 4.06. The van der Waals surface area contributed by atoms with Gasteiger partial charge >= 0.3 is 5.97 Å². The van der Waals surface area contributed by atoms with Gasteiger partial charge in [0.15, 0.2) is 0 Å². The van der Waals surface area contributed by atoms with Gasteiger partial charge < -0.3 is 14.6 Å². The average molecular weight is 236 g/mol. The van der Waals surface area contributed by atoms with Gasteiger partial charge in [-0.3, -0.25) is 4.79 Å². The van der Waals surface area contributed by atoms with Crippen LogP contribution in [0.3, 0.4) is 0 Å². The Kier molecular flexibility index (Phi) is 3.64. The number of esters is 1. The maximum absolute atomic E-state index is 11.4. The molecular formula is C13H16O4. The molecular weight excluding hydrogens is 220 g/mol. The second-order valence-electron chi connectivity index (χ2n) is 4.06. The normalized spacial score (nSPS) is 22.5. The van der Waals surface area contributed by atoms with Crippen molar-refractivity contribution in [3.63, 3.8) is 0 Å². The van der Waals surface area contributed by atoms with Gasteiger partial charge in [0, 0.05) is 11.5 Å². The minimum atomic E-state index is -0.663. The minimum Gasteiger partial charge on any atom is -0.493 e. The highest BCUT2D eigenvalue weighted by atomic mass is 16.5. The fraction of sp³-hybridized carbons (Fsp3) is 0.462. The molecule has 4 nitrogen and oxygen atoms in total. The first-order valence-corrected chi connectivity index (χ1v) is 5.77. The van der Waals surface area contributed by atoms with Crippen molar-refractivity contribution in [2.24, 2.45) is 5.92 Å². The topological polar surface area (TPSA) is 55.8 Å². The predicted molar refractivity (Wildman–Crippen MR) is 61.6 cm³/mol. The summed E-state index contributed by atoms with van der Waals surface area (Å²) in [6, 6.07) is 7.34. The van der Waals surface area contributed by atoms with E-state index >= 15 is 0 Å². The maximum atomic E-state index is 11.4. The third-order valence-corrected chi connectivity index (χ3v) is 2.87. The Balaban J connectivity index is 2.07.